The molecule has 0 atom stereocenters. The molecule has 106 valence electrons. The molecule has 2 rings (SSSR count). The standard InChI is InChI=1S/C14H18N4O2/c1-8(2)12-9(19-3)5-4-6-10(12)20-11-7-17-14(16)18-13(11)15/h4-8H,1-3H3,(H4,15,16,17,18). The van der Waals surface area contributed by atoms with Crippen molar-refractivity contribution in [2.24, 2.45) is 0 Å². The van der Waals surface area contributed by atoms with E-state index in [1.54, 1.807) is 7.11 Å². The summed E-state index contributed by atoms with van der Waals surface area (Å²) in [6, 6.07) is 5.60. The topological polar surface area (TPSA) is 96.3 Å². The molecular weight excluding hydrogens is 256 g/mol. The lowest BCUT2D eigenvalue weighted by Crippen LogP contribution is -2.03. The molecule has 0 spiro atoms. The number of aromatic nitrogens is 2. The highest BCUT2D eigenvalue weighted by Crippen LogP contribution is 2.38. The van der Waals surface area contributed by atoms with Gasteiger partial charge in [0.2, 0.25) is 5.95 Å². The zero-order valence-electron chi connectivity index (χ0n) is 11.8. The van der Waals surface area contributed by atoms with Gasteiger partial charge in [0.25, 0.3) is 0 Å². The maximum atomic E-state index is 5.81. The van der Waals surface area contributed by atoms with Crippen LogP contribution in [0.25, 0.3) is 0 Å². The number of anilines is 2. The van der Waals surface area contributed by atoms with Gasteiger partial charge in [0.15, 0.2) is 11.6 Å². The van der Waals surface area contributed by atoms with Gasteiger partial charge in [-0.15, -0.1) is 0 Å². The van der Waals surface area contributed by atoms with Crippen molar-refractivity contribution in [3.63, 3.8) is 0 Å². The number of nitrogen functional groups attached to an aromatic ring is 2. The van der Waals surface area contributed by atoms with E-state index in [4.69, 9.17) is 20.9 Å². The monoisotopic (exact) mass is 274 g/mol. The third kappa shape index (κ3) is 2.74. The van der Waals surface area contributed by atoms with Crippen molar-refractivity contribution in [2.45, 2.75) is 19.8 Å². The van der Waals surface area contributed by atoms with E-state index in [-0.39, 0.29) is 17.7 Å². The number of hydrogen-bond acceptors (Lipinski definition) is 6. The van der Waals surface area contributed by atoms with Crippen molar-refractivity contribution in [2.75, 3.05) is 18.6 Å². The lowest BCUT2D eigenvalue weighted by atomic mass is 10.0. The highest BCUT2D eigenvalue weighted by atomic mass is 16.5. The van der Waals surface area contributed by atoms with Crippen LogP contribution in [0, 0.1) is 0 Å². The van der Waals surface area contributed by atoms with Crippen molar-refractivity contribution >= 4 is 11.8 Å². The predicted octanol–water partition coefficient (Wildman–Crippen LogP) is 2.57. The summed E-state index contributed by atoms with van der Waals surface area (Å²) < 4.78 is 11.2. The van der Waals surface area contributed by atoms with Gasteiger partial charge < -0.3 is 20.9 Å². The molecule has 0 amide bonds. The second-order valence-corrected chi connectivity index (χ2v) is 4.61. The first kappa shape index (κ1) is 13.9. The molecule has 6 nitrogen and oxygen atoms in total. The Kier molecular flexibility index (Phi) is 3.93. The fourth-order valence-corrected chi connectivity index (χ4v) is 1.96. The third-order valence-corrected chi connectivity index (χ3v) is 2.84. The molecule has 1 heterocycles. The molecule has 1 aromatic carbocycles. The van der Waals surface area contributed by atoms with Crippen LogP contribution >= 0.6 is 0 Å². The summed E-state index contributed by atoms with van der Waals surface area (Å²) in [5, 5.41) is 0. The van der Waals surface area contributed by atoms with Crippen molar-refractivity contribution in [1.82, 2.24) is 9.97 Å². The molecule has 0 fully saturated rings. The predicted molar refractivity (Wildman–Crippen MR) is 78.0 cm³/mol. The van der Waals surface area contributed by atoms with Crippen LogP contribution in [0.5, 0.6) is 17.2 Å². The first-order chi connectivity index (χ1) is 9.52. The van der Waals surface area contributed by atoms with Gasteiger partial charge >= 0.3 is 0 Å². The maximum Gasteiger partial charge on any atom is 0.222 e. The van der Waals surface area contributed by atoms with Gasteiger partial charge in [-0.2, -0.15) is 4.98 Å². The molecule has 20 heavy (non-hydrogen) atoms. The zero-order chi connectivity index (χ0) is 14.7. The Morgan fingerprint density at radius 2 is 1.80 bits per heavy atom. The van der Waals surface area contributed by atoms with Crippen LogP contribution in [0.15, 0.2) is 24.4 Å². The number of nitrogens with zero attached hydrogens (tertiary/aromatic N) is 2. The Balaban J connectivity index is 2.43. The lowest BCUT2D eigenvalue weighted by Gasteiger charge is -2.17. The summed E-state index contributed by atoms with van der Waals surface area (Å²) in [5.74, 6) is 2.36. The minimum absolute atomic E-state index is 0.115. The Labute approximate surface area is 117 Å². The van der Waals surface area contributed by atoms with Gasteiger partial charge in [0, 0.05) is 5.56 Å². The molecular formula is C14H18N4O2. The van der Waals surface area contributed by atoms with E-state index >= 15 is 0 Å². The maximum absolute atomic E-state index is 5.81. The summed E-state index contributed by atoms with van der Waals surface area (Å²) in [7, 11) is 1.63. The van der Waals surface area contributed by atoms with E-state index in [1.165, 1.54) is 6.20 Å². The van der Waals surface area contributed by atoms with Crippen LogP contribution in [-0.2, 0) is 0 Å². The minimum atomic E-state index is 0.115. The highest BCUT2D eigenvalue weighted by Gasteiger charge is 2.16. The normalized spacial score (nSPS) is 10.6. The largest absolute Gasteiger partial charge is 0.496 e. The van der Waals surface area contributed by atoms with Gasteiger partial charge in [-0.25, -0.2) is 4.98 Å². The van der Waals surface area contributed by atoms with Crippen LogP contribution in [0.4, 0.5) is 11.8 Å². The zero-order valence-corrected chi connectivity index (χ0v) is 11.8. The Hall–Kier alpha value is -2.50. The Morgan fingerprint density at radius 3 is 2.40 bits per heavy atom. The SMILES string of the molecule is COc1cccc(Oc2cnc(N)nc2N)c1C(C)C. The molecule has 1 aromatic heterocycles. The molecule has 0 bridgehead atoms. The molecule has 0 radical (unpaired) electrons. The van der Waals surface area contributed by atoms with E-state index < -0.39 is 0 Å². The number of ether oxygens (including phenoxy) is 2. The van der Waals surface area contributed by atoms with Crippen LogP contribution in [0.1, 0.15) is 25.3 Å². The molecule has 0 aliphatic carbocycles. The van der Waals surface area contributed by atoms with Gasteiger partial charge in [-0.05, 0) is 18.1 Å². The van der Waals surface area contributed by atoms with Crippen molar-refractivity contribution < 1.29 is 9.47 Å². The van der Waals surface area contributed by atoms with Crippen LogP contribution in [-0.4, -0.2) is 17.1 Å². The number of benzene rings is 1. The molecule has 0 aliphatic rings. The van der Waals surface area contributed by atoms with Gasteiger partial charge in [0.05, 0.1) is 13.3 Å². The van der Waals surface area contributed by atoms with Crippen LogP contribution in [0.3, 0.4) is 0 Å². The summed E-state index contributed by atoms with van der Waals surface area (Å²) >= 11 is 0. The first-order valence-corrected chi connectivity index (χ1v) is 6.25. The molecule has 2 aromatic rings. The summed E-state index contributed by atoms with van der Waals surface area (Å²) in [5.41, 5.74) is 12.2. The number of methoxy groups -OCH3 is 1. The van der Waals surface area contributed by atoms with E-state index in [9.17, 15) is 0 Å². The fraction of sp³-hybridized carbons (Fsp3) is 0.286. The van der Waals surface area contributed by atoms with Gasteiger partial charge in [-0.3, -0.25) is 0 Å². The second kappa shape index (κ2) is 5.64. The van der Waals surface area contributed by atoms with Crippen LogP contribution < -0.4 is 20.9 Å². The Morgan fingerprint density at radius 1 is 1.10 bits per heavy atom. The average Bonchev–Trinajstić information content (AvgIpc) is 2.41. The van der Waals surface area contributed by atoms with Crippen LogP contribution in [0.2, 0.25) is 0 Å². The molecule has 0 aliphatic heterocycles. The molecule has 0 unspecified atom stereocenters. The fourth-order valence-electron chi connectivity index (χ4n) is 1.96. The lowest BCUT2D eigenvalue weighted by molar-refractivity contribution is 0.398. The molecule has 6 heteroatoms. The highest BCUT2D eigenvalue weighted by molar-refractivity contribution is 5.53. The number of rotatable bonds is 4. The van der Waals surface area contributed by atoms with E-state index in [0.29, 0.717) is 11.5 Å². The second-order valence-electron chi connectivity index (χ2n) is 4.61. The molecule has 0 saturated heterocycles. The first-order valence-electron chi connectivity index (χ1n) is 6.25. The molecule has 0 saturated carbocycles. The number of nitrogens with two attached hydrogens (primary N) is 2. The van der Waals surface area contributed by atoms with Crippen molar-refractivity contribution in [3.05, 3.63) is 30.0 Å². The minimum Gasteiger partial charge on any atom is -0.496 e. The Bertz CT molecular complexity index is 614. The van der Waals surface area contributed by atoms with E-state index in [2.05, 4.69) is 23.8 Å². The molecule has 4 N–H and O–H groups in total. The number of hydrogen-bond donors (Lipinski definition) is 2. The third-order valence-electron chi connectivity index (χ3n) is 2.84. The van der Waals surface area contributed by atoms with Gasteiger partial charge in [0.1, 0.15) is 11.5 Å². The van der Waals surface area contributed by atoms with Crippen molar-refractivity contribution in [1.29, 1.82) is 0 Å². The summed E-state index contributed by atoms with van der Waals surface area (Å²) in [6.45, 7) is 4.13. The van der Waals surface area contributed by atoms with E-state index in [1.807, 2.05) is 18.2 Å². The van der Waals surface area contributed by atoms with Crippen molar-refractivity contribution in [3.8, 4) is 17.2 Å². The average molecular weight is 274 g/mol. The summed E-state index contributed by atoms with van der Waals surface area (Å²) in [4.78, 5) is 7.76. The smallest absolute Gasteiger partial charge is 0.222 e. The van der Waals surface area contributed by atoms with E-state index in [0.717, 1.165) is 11.3 Å². The van der Waals surface area contributed by atoms with Gasteiger partial charge in [-0.1, -0.05) is 19.9 Å². The quantitative estimate of drug-likeness (QED) is 0.889. The summed E-state index contributed by atoms with van der Waals surface area (Å²) in [6.07, 6.45) is 1.46.